The third kappa shape index (κ3) is 5.24. The summed E-state index contributed by atoms with van der Waals surface area (Å²) in [5, 5.41) is 0. The van der Waals surface area contributed by atoms with Crippen molar-refractivity contribution in [2.45, 2.75) is 12.5 Å². The molecule has 0 spiro atoms. The lowest BCUT2D eigenvalue weighted by atomic mass is 10.2. The molecule has 0 radical (unpaired) electrons. The summed E-state index contributed by atoms with van der Waals surface area (Å²) >= 11 is 11.2. The fourth-order valence-corrected chi connectivity index (χ4v) is 0.515. The van der Waals surface area contributed by atoms with E-state index in [9.17, 15) is 4.79 Å². The highest BCUT2D eigenvalue weighted by Gasteiger charge is 2.19. The molecule has 0 N–H and O–H groups in total. The summed E-state index contributed by atoms with van der Waals surface area (Å²) in [6, 6.07) is 0. The largest absolute Gasteiger partial charge is 0.453 e. The molecule has 0 saturated heterocycles. The summed E-state index contributed by atoms with van der Waals surface area (Å²) in [7, 11) is 0. The molecule has 0 heterocycles. The van der Waals surface area contributed by atoms with E-state index >= 15 is 0 Å². The minimum absolute atomic E-state index is 0.419. The Morgan fingerprint density at radius 2 is 2.22 bits per heavy atom. The lowest BCUT2D eigenvalue weighted by Gasteiger charge is -2.03. The van der Waals surface area contributed by atoms with Crippen LogP contribution in [-0.4, -0.2) is 15.8 Å². The van der Waals surface area contributed by atoms with Crippen LogP contribution in [0.3, 0.4) is 0 Å². The fourth-order valence-electron chi connectivity index (χ4n) is 0.211. The second-order valence-corrected chi connectivity index (χ2v) is 4.96. The predicted octanol–water partition coefficient (Wildman–Crippen LogP) is 2.57. The van der Waals surface area contributed by atoms with Crippen LogP contribution in [-0.2, 0) is 4.74 Å². The standard InChI is InChI=1S/C3H4BBr2ClO2/c1-2(7)9-3(8)4(5)6/h2H,1H3. The molecule has 0 fully saturated rings. The molecule has 0 amide bonds. The van der Waals surface area contributed by atoms with Gasteiger partial charge in [0.15, 0.2) is 5.56 Å². The topological polar surface area (TPSA) is 26.3 Å². The van der Waals surface area contributed by atoms with Gasteiger partial charge in [0.25, 0.3) is 5.87 Å². The van der Waals surface area contributed by atoms with Crippen LogP contribution in [0.1, 0.15) is 6.92 Å². The van der Waals surface area contributed by atoms with Crippen molar-refractivity contribution >= 4 is 53.3 Å². The van der Waals surface area contributed by atoms with E-state index < -0.39 is 15.8 Å². The monoisotopic (exact) mass is 276 g/mol. The van der Waals surface area contributed by atoms with E-state index in [1.165, 1.54) is 0 Å². The van der Waals surface area contributed by atoms with E-state index in [4.69, 9.17) is 11.6 Å². The van der Waals surface area contributed by atoms with Crippen molar-refractivity contribution in [2.24, 2.45) is 0 Å². The number of halogens is 3. The van der Waals surface area contributed by atoms with Gasteiger partial charge >= 0.3 is 4.36 Å². The summed E-state index contributed by atoms with van der Waals surface area (Å²) in [5.41, 5.74) is -0.574. The molecule has 0 bridgehead atoms. The zero-order chi connectivity index (χ0) is 7.44. The van der Waals surface area contributed by atoms with Gasteiger partial charge in [0.05, 0.1) is 0 Å². The predicted molar refractivity (Wildman–Crippen MR) is 45.4 cm³/mol. The Kier molecular flexibility index (Phi) is 4.98. The molecule has 1 atom stereocenters. The van der Waals surface area contributed by atoms with Gasteiger partial charge in [-0.2, -0.15) is 0 Å². The van der Waals surface area contributed by atoms with Crippen molar-refractivity contribution in [1.29, 1.82) is 0 Å². The van der Waals surface area contributed by atoms with Crippen LogP contribution in [0.2, 0.25) is 0 Å². The maximum atomic E-state index is 10.6. The van der Waals surface area contributed by atoms with Gasteiger partial charge in [0.2, 0.25) is 0 Å². The Bertz CT molecular complexity index is 108. The van der Waals surface area contributed by atoms with Crippen molar-refractivity contribution in [1.82, 2.24) is 0 Å². The molecule has 0 aromatic rings. The molecule has 0 aromatic carbocycles. The lowest BCUT2D eigenvalue weighted by molar-refractivity contribution is 0.165. The molecule has 6 heteroatoms. The first-order chi connectivity index (χ1) is 4.04. The fraction of sp³-hybridized carbons (Fsp3) is 0.667. The summed E-state index contributed by atoms with van der Waals surface area (Å²) < 4.78 is 4.08. The second-order valence-electron chi connectivity index (χ2n) is 1.28. The molecule has 0 aromatic heterocycles. The van der Waals surface area contributed by atoms with Gasteiger partial charge in [0.1, 0.15) is 0 Å². The molecular formula is C3H4BBr2ClO2. The average Bonchev–Trinajstić information content (AvgIpc) is 1.63. The van der Waals surface area contributed by atoms with Gasteiger partial charge in [-0.25, -0.2) is 0 Å². The van der Waals surface area contributed by atoms with Gasteiger partial charge in [-0.15, -0.1) is 31.5 Å². The molecule has 1 unspecified atom stereocenters. The maximum absolute atomic E-state index is 10.6. The summed E-state index contributed by atoms with van der Waals surface area (Å²) in [4.78, 5) is 10.6. The smallest absolute Gasteiger partial charge is 0.425 e. The summed E-state index contributed by atoms with van der Waals surface area (Å²) in [6.07, 6.45) is 0. The molecule has 9 heavy (non-hydrogen) atoms. The molecule has 0 aliphatic rings. The highest BCUT2D eigenvalue weighted by molar-refractivity contribution is 9.50. The zero-order valence-electron chi connectivity index (χ0n) is 4.61. The minimum atomic E-state index is -0.574. The van der Waals surface area contributed by atoms with E-state index in [-0.39, 0.29) is 0 Å². The highest BCUT2D eigenvalue weighted by Crippen LogP contribution is 2.08. The minimum Gasteiger partial charge on any atom is -0.453 e. The second kappa shape index (κ2) is 4.58. The first-order valence-corrected chi connectivity index (χ1v) is 4.43. The molecular weight excluding hydrogens is 274 g/mol. The van der Waals surface area contributed by atoms with E-state index in [0.29, 0.717) is 0 Å². The third-order valence-corrected chi connectivity index (χ3v) is 1.29. The summed E-state index contributed by atoms with van der Waals surface area (Å²) in [5.74, 6) is -0.419. The molecule has 52 valence electrons. The lowest BCUT2D eigenvalue weighted by Crippen LogP contribution is -2.16. The first-order valence-electron chi connectivity index (χ1n) is 2.16. The number of ether oxygens (including phenoxy) is 1. The first kappa shape index (κ1) is 9.78. The number of carbonyl (C=O) groups excluding carboxylic acids is 1. The van der Waals surface area contributed by atoms with Gasteiger partial charge in [-0.05, 0) is 6.92 Å². The number of rotatable bonds is 2. The Hall–Kier alpha value is 0.785. The van der Waals surface area contributed by atoms with Crippen LogP contribution < -0.4 is 0 Å². The Labute approximate surface area is 75.3 Å². The van der Waals surface area contributed by atoms with Crippen LogP contribution in [0.15, 0.2) is 0 Å². The number of hydrogen-bond acceptors (Lipinski definition) is 2. The zero-order valence-corrected chi connectivity index (χ0v) is 8.53. The van der Waals surface area contributed by atoms with Crippen molar-refractivity contribution in [3.63, 3.8) is 0 Å². The van der Waals surface area contributed by atoms with Crippen LogP contribution >= 0.6 is 43.1 Å². The Balaban J connectivity index is 3.51. The molecule has 0 rings (SSSR count). The maximum Gasteiger partial charge on any atom is 0.425 e. The van der Waals surface area contributed by atoms with Gasteiger partial charge in [-0.1, -0.05) is 11.6 Å². The summed E-state index contributed by atoms with van der Waals surface area (Å²) in [6.45, 7) is 1.57. The number of hydrogen-bond donors (Lipinski definition) is 0. The van der Waals surface area contributed by atoms with E-state index in [2.05, 4.69) is 36.3 Å². The van der Waals surface area contributed by atoms with Crippen LogP contribution in [0.4, 0.5) is 4.79 Å². The van der Waals surface area contributed by atoms with Gasteiger partial charge in [0, 0.05) is 0 Å². The van der Waals surface area contributed by atoms with E-state index in [0.717, 1.165) is 0 Å². The third-order valence-electron chi connectivity index (χ3n) is 0.457. The number of alkyl halides is 1. The van der Waals surface area contributed by atoms with Crippen molar-refractivity contribution in [3.8, 4) is 0 Å². The SMILES string of the molecule is CC(Cl)OC(=O)B(Br)Br. The molecule has 0 aliphatic carbocycles. The van der Waals surface area contributed by atoms with Gasteiger partial charge < -0.3 is 4.74 Å². The van der Waals surface area contributed by atoms with Gasteiger partial charge in [-0.3, -0.25) is 4.79 Å². The Morgan fingerprint density at radius 3 is 2.33 bits per heavy atom. The molecule has 0 saturated carbocycles. The average molecular weight is 278 g/mol. The van der Waals surface area contributed by atoms with Crippen LogP contribution in [0.25, 0.3) is 0 Å². The van der Waals surface area contributed by atoms with Crippen molar-refractivity contribution < 1.29 is 9.53 Å². The van der Waals surface area contributed by atoms with Crippen LogP contribution in [0, 0.1) is 0 Å². The van der Waals surface area contributed by atoms with E-state index in [1.54, 1.807) is 6.92 Å². The molecule has 2 nitrogen and oxygen atoms in total. The normalized spacial score (nSPS) is 12.4. The highest BCUT2D eigenvalue weighted by atomic mass is 79.9. The van der Waals surface area contributed by atoms with E-state index in [1.807, 2.05) is 0 Å². The quantitative estimate of drug-likeness (QED) is 0.573. The molecule has 0 aliphatic heterocycles. The number of carbonyl (C=O) groups is 1. The van der Waals surface area contributed by atoms with Crippen molar-refractivity contribution in [3.05, 3.63) is 0 Å². The van der Waals surface area contributed by atoms with Crippen molar-refractivity contribution in [2.75, 3.05) is 0 Å². The Morgan fingerprint density at radius 1 is 1.78 bits per heavy atom. The van der Waals surface area contributed by atoms with Crippen LogP contribution in [0.5, 0.6) is 0 Å².